The molecule has 0 fully saturated rings. The zero-order valence-corrected chi connectivity index (χ0v) is 5.45. The van der Waals surface area contributed by atoms with E-state index in [9.17, 15) is 0 Å². The average molecular weight is 137 g/mol. The van der Waals surface area contributed by atoms with Gasteiger partial charge in [-0.1, -0.05) is 6.58 Å². The fourth-order valence-electron chi connectivity index (χ4n) is 0.964. The van der Waals surface area contributed by atoms with Gasteiger partial charge in [0.25, 0.3) is 0 Å². The Bertz CT molecular complexity index is 266. The highest BCUT2D eigenvalue weighted by atomic mass is 16.5. The SMILES string of the molecule is C=C1OCCn2ncnc21. The summed E-state index contributed by atoms with van der Waals surface area (Å²) in [6, 6.07) is 0. The first-order valence-corrected chi connectivity index (χ1v) is 3.08. The predicted octanol–water partition coefficient (Wildman–Crippen LogP) is 0.279. The van der Waals surface area contributed by atoms with Crippen LogP contribution < -0.4 is 0 Å². The first-order chi connectivity index (χ1) is 4.88. The van der Waals surface area contributed by atoms with Crippen LogP contribution in [0, 0.1) is 0 Å². The Morgan fingerprint density at radius 2 is 2.60 bits per heavy atom. The van der Waals surface area contributed by atoms with Gasteiger partial charge in [-0.25, -0.2) is 9.67 Å². The first-order valence-electron chi connectivity index (χ1n) is 3.08. The van der Waals surface area contributed by atoms with Crippen LogP contribution in [0.15, 0.2) is 12.9 Å². The number of aromatic nitrogens is 3. The quantitative estimate of drug-likeness (QED) is 0.515. The third-order valence-corrected chi connectivity index (χ3v) is 1.44. The topological polar surface area (TPSA) is 39.9 Å². The van der Waals surface area contributed by atoms with Gasteiger partial charge in [-0.05, 0) is 0 Å². The smallest absolute Gasteiger partial charge is 0.193 e. The maximum Gasteiger partial charge on any atom is 0.193 e. The molecular weight excluding hydrogens is 130 g/mol. The largest absolute Gasteiger partial charge is 0.488 e. The Morgan fingerprint density at radius 1 is 1.70 bits per heavy atom. The second-order valence-electron chi connectivity index (χ2n) is 2.08. The molecule has 0 spiro atoms. The van der Waals surface area contributed by atoms with Crippen molar-refractivity contribution in [3.63, 3.8) is 0 Å². The zero-order valence-electron chi connectivity index (χ0n) is 5.45. The van der Waals surface area contributed by atoms with Gasteiger partial charge in [0.15, 0.2) is 11.6 Å². The molecule has 4 nitrogen and oxygen atoms in total. The lowest BCUT2D eigenvalue weighted by molar-refractivity contribution is 0.228. The van der Waals surface area contributed by atoms with Gasteiger partial charge in [0.1, 0.15) is 12.9 Å². The standard InChI is InChI=1S/C6H7N3O/c1-5-6-7-4-8-9(6)2-3-10-5/h4H,1-3H2. The average Bonchev–Trinajstić information content (AvgIpc) is 2.36. The van der Waals surface area contributed by atoms with E-state index in [2.05, 4.69) is 16.7 Å². The van der Waals surface area contributed by atoms with Gasteiger partial charge in [0.2, 0.25) is 0 Å². The lowest BCUT2D eigenvalue weighted by Gasteiger charge is -2.14. The van der Waals surface area contributed by atoms with Crippen molar-refractivity contribution in [2.45, 2.75) is 6.54 Å². The molecule has 0 aromatic carbocycles. The summed E-state index contributed by atoms with van der Waals surface area (Å²) in [4.78, 5) is 3.97. The highest BCUT2D eigenvalue weighted by Crippen LogP contribution is 2.14. The number of hydrogen-bond acceptors (Lipinski definition) is 3. The van der Waals surface area contributed by atoms with Crippen LogP contribution in [0.5, 0.6) is 0 Å². The van der Waals surface area contributed by atoms with Crippen molar-refractivity contribution in [2.75, 3.05) is 6.61 Å². The van der Waals surface area contributed by atoms with Crippen LogP contribution >= 0.6 is 0 Å². The summed E-state index contributed by atoms with van der Waals surface area (Å²) in [6.07, 6.45) is 1.51. The van der Waals surface area contributed by atoms with Gasteiger partial charge in [0.05, 0.1) is 6.54 Å². The summed E-state index contributed by atoms with van der Waals surface area (Å²) >= 11 is 0. The Kier molecular flexibility index (Phi) is 1.00. The van der Waals surface area contributed by atoms with E-state index in [0.29, 0.717) is 12.4 Å². The number of nitrogens with zero attached hydrogens (tertiary/aromatic N) is 3. The fourth-order valence-corrected chi connectivity index (χ4v) is 0.964. The van der Waals surface area contributed by atoms with Crippen molar-refractivity contribution in [3.8, 4) is 0 Å². The first kappa shape index (κ1) is 5.46. The van der Waals surface area contributed by atoms with E-state index >= 15 is 0 Å². The van der Waals surface area contributed by atoms with Crippen LogP contribution in [0.2, 0.25) is 0 Å². The molecule has 4 heteroatoms. The van der Waals surface area contributed by atoms with Crippen molar-refractivity contribution in [1.29, 1.82) is 0 Å². The summed E-state index contributed by atoms with van der Waals surface area (Å²) in [7, 11) is 0. The van der Waals surface area contributed by atoms with E-state index in [1.165, 1.54) is 6.33 Å². The van der Waals surface area contributed by atoms with Gasteiger partial charge in [0, 0.05) is 0 Å². The fraction of sp³-hybridized carbons (Fsp3) is 0.333. The van der Waals surface area contributed by atoms with Gasteiger partial charge >= 0.3 is 0 Å². The Morgan fingerprint density at radius 3 is 3.40 bits per heavy atom. The molecule has 0 bridgehead atoms. The molecular formula is C6H7N3O. The lowest BCUT2D eigenvalue weighted by atomic mass is 10.4. The Balaban J connectivity index is 2.50. The van der Waals surface area contributed by atoms with E-state index in [-0.39, 0.29) is 0 Å². The third-order valence-electron chi connectivity index (χ3n) is 1.44. The molecule has 0 saturated heterocycles. The molecule has 52 valence electrons. The molecule has 1 aliphatic rings. The maximum absolute atomic E-state index is 5.14. The molecule has 1 aromatic rings. The van der Waals surface area contributed by atoms with Crippen LogP contribution in [0.25, 0.3) is 5.76 Å². The Hall–Kier alpha value is -1.32. The molecule has 2 rings (SSSR count). The number of fused-ring (bicyclic) bond motifs is 1. The second kappa shape index (κ2) is 1.83. The third kappa shape index (κ3) is 0.618. The minimum Gasteiger partial charge on any atom is -0.488 e. The second-order valence-corrected chi connectivity index (χ2v) is 2.08. The molecule has 1 aromatic heterocycles. The molecule has 1 aliphatic heterocycles. The summed E-state index contributed by atoms with van der Waals surface area (Å²) in [5, 5.41) is 3.97. The molecule has 0 aliphatic carbocycles. The highest BCUT2D eigenvalue weighted by Gasteiger charge is 2.13. The molecule has 10 heavy (non-hydrogen) atoms. The van der Waals surface area contributed by atoms with Crippen LogP contribution in [0.4, 0.5) is 0 Å². The van der Waals surface area contributed by atoms with Crippen molar-refractivity contribution in [1.82, 2.24) is 14.8 Å². The molecule has 0 N–H and O–H groups in total. The highest BCUT2D eigenvalue weighted by molar-refractivity contribution is 5.50. The van der Waals surface area contributed by atoms with E-state index in [1.807, 2.05) is 0 Å². The summed E-state index contributed by atoms with van der Waals surface area (Å²) in [6.45, 7) is 5.10. The van der Waals surface area contributed by atoms with Crippen LogP contribution in [-0.4, -0.2) is 21.4 Å². The molecule has 0 saturated carbocycles. The van der Waals surface area contributed by atoms with E-state index in [0.717, 1.165) is 12.4 Å². The Labute approximate surface area is 58.1 Å². The normalized spacial score (nSPS) is 16.2. The molecule has 0 amide bonds. The molecule has 0 atom stereocenters. The molecule has 0 unspecified atom stereocenters. The van der Waals surface area contributed by atoms with Crippen molar-refractivity contribution >= 4 is 5.76 Å². The van der Waals surface area contributed by atoms with Gasteiger partial charge in [-0.2, -0.15) is 5.10 Å². The van der Waals surface area contributed by atoms with Gasteiger partial charge < -0.3 is 4.74 Å². The summed E-state index contributed by atoms with van der Waals surface area (Å²) < 4.78 is 6.93. The monoisotopic (exact) mass is 137 g/mol. The molecule has 2 heterocycles. The predicted molar refractivity (Wildman–Crippen MR) is 35.0 cm³/mol. The van der Waals surface area contributed by atoms with Crippen LogP contribution in [-0.2, 0) is 11.3 Å². The number of hydrogen-bond donors (Lipinski definition) is 0. The van der Waals surface area contributed by atoms with Crippen LogP contribution in [0.3, 0.4) is 0 Å². The van der Waals surface area contributed by atoms with Gasteiger partial charge in [-0.15, -0.1) is 0 Å². The van der Waals surface area contributed by atoms with E-state index < -0.39 is 0 Å². The van der Waals surface area contributed by atoms with Gasteiger partial charge in [-0.3, -0.25) is 0 Å². The van der Waals surface area contributed by atoms with Crippen LogP contribution in [0.1, 0.15) is 5.82 Å². The lowest BCUT2D eigenvalue weighted by Crippen LogP contribution is -2.16. The van der Waals surface area contributed by atoms with Crippen molar-refractivity contribution < 1.29 is 4.74 Å². The van der Waals surface area contributed by atoms with Crippen molar-refractivity contribution in [2.24, 2.45) is 0 Å². The maximum atomic E-state index is 5.14. The van der Waals surface area contributed by atoms with E-state index in [4.69, 9.17) is 4.74 Å². The summed E-state index contributed by atoms with van der Waals surface area (Å²) in [5.41, 5.74) is 0. The van der Waals surface area contributed by atoms with E-state index in [1.54, 1.807) is 4.68 Å². The number of rotatable bonds is 0. The van der Waals surface area contributed by atoms with Crippen molar-refractivity contribution in [3.05, 3.63) is 18.7 Å². The minimum atomic E-state index is 0.615. The molecule has 0 radical (unpaired) electrons. The summed E-state index contributed by atoms with van der Waals surface area (Å²) in [5.74, 6) is 1.36. The number of ether oxygens (including phenoxy) is 1. The minimum absolute atomic E-state index is 0.615. The zero-order chi connectivity index (χ0) is 6.97.